The van der Waals surface area contributed by atoms with Crippen molar-refractivity contribution in [2.24, 2.45) is 0 Å². The number of nitrogens with one attached hydrogen (secondary N) is 1. The highest BCUT2D eigenvalue weighted by Gasteiger charge is 2.21. The number of carbonyl (C=O) groups excluding carboxylic acids is 1. The van der Waals surface area contributed by atoms with Crippen LogP contribution in [0, 0.1) is 0 Å². The van der Waals surface area contributed by atoms with Gasteiger partial charge in [0.2, 0.25) is 0 Å². The van der Waals surface area contributed by atoms with Gasteiger partial charge in [-0.25, -0.2) is 4.79 Å². The molecule has 0 aliphatic rings. The topological polar surface area (TPSA) is 38.3 Å². The van der Waals surface area contributed by atoms with Gasteiger partial charge in [-0.15, -0.1) is 0 Å². The third kappa shape index (κ3) is 4.34. The van der Waals surface area contributed by atoms with E-state index >= 15 is 0 Å². The van der Waals surface area contributed by atoms with Crippen molar-refractivity contribution < 1.29 is 9.53 Å². The molecule has 1 aromatic carbocycles. The molecule has 0 atom stereocenters. The minimum atomic E-state index is -0.501. The van der Waals surface area contributed by atoms with Crippen LogP contribution >= 0.6 is 15.9 Å². The van der Waals surface area contributed by atoms with E-state index in [2.05, 4.69) is 21.2 Å². The van der Waals surface area contributed by atoms with Crippen LogP contribution in [-0.4, -0.2) is 17.0 Å². The molecular weight excluding hydrogens is 258 g/mol. The Balaban J connectivity index is 2.51. The van der Waals surface area contributed by atoms with Crippen LogP contribution in [0.5, 0.6) is 0 Å². The van der Waals surface area contributed by atoms with Gasteiger partial charge in [-0.1, -0.05) is 34.1 Å². The fourth-order valence-electron chi connectivity index (χ4n) is 0.943. The first-order chi connectivity index (χ1) is 7.03. The van der Waals surface area contributed by atoms with E-state index in [-0.39, 0.29) is 0 Å². The number of alkyl halides is 1. The largest absolute Gasteiger partial charge is 0.442 e. The van der Waals surface area contributed by atoms with Gasteiger partial charge in [0.1, 0.15) is 5.60 Å². The normalized spacial score (nSPS) is 10.9. The Labute approximate surface area is 97.9 Å². The molecule has 0 heterocycles. The second kappa shape index (κ2) is 5.16. The highest BCUT2D eigenvalue weighted by molar-refractivity contribution is 9.09. The minimum Gasteiger partial charge on any atom is -0.442 e. The summed E-state index contributed by atoms with van der Waals surface area (Å²) in [5, 5.41) is 3.25. The molecule has 3 nitrogen and oxygen atoms in total. The van der Waals surface area contributed by atoms with Crippen molar-refractivity contribution in [3.05, 3.63) is 30.3 Å². The summed E-state index contributed by atoms with van der Waals surface area (Å²) in [6.45, 7) is 3.68. The molecule has 1 amide bonds. The predicted octanol–water partition coefficient (Wildman–Crippen LogP) is 3.41. The van der Waals surface area contributed by atoms with Gasteiger partial charge in [0.05, 0.1) is 0 Å². The highest BCUT2D eigenvalue weighted by atomic mass is 79.9. The summed E-state index contributed by atoms with van der Waals surface area (Å²) in [6, 6.07) is 9.21. The van der Waals surface area contributed by atoms with Gasteiger partial charge in [0.25, 0.3) is 0 Å². The number of para-hydroxylation sites is 1. The molecule has 82 valence electrons. The Kier molecular flexibility index (Phi) is 4.15. The summed E-state index contributed by atoms with van der Waals surface area (Å²) in [5.41, 5.74) is 0.228. The molecule has 1 rings (SSSR count). The van der Waals surface area contributed by atoms with Gasteiger partial charge < -0.3 is 4.74 Å². The summed E-state index contributed by atoms with van der Waals surface area (Å²) in [6.07, 6.45) is -0.439. The Morgan fingerprint density at radius 2 is 2.00 bits per heavy atom. The average molecular weight is 272 g/mol. The molecule has 0 aliphatic heterocycles. The first-order valence-corrected chi connectivity index (χ1v) is 5.77. The van der Waals surface area contributed by atoms with Gasteiger partial charge in [-0.3, -0.25) is 5.32 Å². The maximum atomic E-state index is 11.4. The van der Waals surface area contributed by atoms with E-state index in [0.717, 1.165) is 5.69 Å². The molecule has 1 aromatic rings. The summed E-state index contributed by atoms with van der Waals surface area (Å²) >= 11 is 3.28. The molecule has 1 N–H and O–H groups in total. The summed E-state index contributed by atoms with van der Waals surface area (Å²) in [5.74, 6) is 0. The fourth-order valence-corrected chi connectivity index (χ4v) is 1.06. The Bertz CT molecular complexity index is 325. The molecule has 4 heteroatoms. The van der Waals surface area contributed by atoms with Crippen LogP contribution in [-0.2, 0) is 4.74 Å². The van der Waals surface area contributed by atoms with Crippen LogP contribution in [0.25, 0.3) is 0 Å². The molecular formula is C11H14BrNO2. The number of anilines is 1. The lowest BCUT2D eigenvalue weighted by molar-refractivity contribution is 0.0679. The second-order valence-corrected chi connectivity index (χ2v) is 4.33. The minimum absolute atomic E-state index is 0.439. The lowest BCUT2D eigenvalue weighted by atomic mass is 10.2. The predicted molar refractivity (Wildman–Crippen MR) is 64.4 cm³/mol. The van der Waals surface area contributed by atoms with Gasteiger partial charge in [0.15, 0.2) is 0 Å². The first-order valence-electron chi connectivity index (χ1n) is 4.64. The van der Waals surface area contributed by atoms with Crippen molar-refractivity contribution in [3.8, 4) is 0 Å². The van der Waals surface area contributed by atoms with Crippen LogP contribution in [0.15, 0.2) is 30.3 Å². The summed E-state index contributed by atoms with van der Waals surface area (Å²) in [4.78, 5) is 11.4. The van der Waals surface area contributed by atoms with E-state index in [4.69, 9.17) is 4.74 Å². The zero-order chi connectivity index (χ0) is 11.3. The molecule has 0 aliphatic carbocycles. The molecule has 15 heavy (non-hydrogen) atoms. The number of benzene rings is 1. The number of halogens is 1. The van der Waals surface area contributed by atoms with Crippen LogP contribution < -0.4 is 5.32 Å². The number of hydrogen-bond acceptors (Lipinski definition) is 2. The van der Waals surface area contributed by atoms with E-state index in [1.807, 2.05) is 44.2 Å². The van der Waals surface area contributed by atoms with E-state index in [0.29, 0.717) is 5.33 Å². The average Bonchev–Trinajstić information content (AvgIpc) is 2.18. The van der Waals surface area contributed by atoms with Gasteiger partial charge in [0, 0.05) is 11.0 Å². The number of ether oxygens (including phenoxy) is 1. The van der Waals surface area contributed by atoms with E-state index in [1.165, 1.54) is 0 Å². The first kappa shape index (κ1) is 12.0. The standard InChI is InChI=1S/C11H14BrNO2/c1-11(2,8-12)15-10(14)13-9-6-4-3-5-7-9/h3-7H,8H2,1-2H3,(H,13,14). The van der Waals surface area contributed by atoms with E-state index in [1.54, 1.807) is 0 Å². The highest BCUT2D eigenvalue weighted by Crippen LogP contribution is 2.14. The molecule has 0 unspecified atom stereocenters. The van der Waals surface area contributed by atoms with Crippen molar-refractivity contribution in [1.82, 2.24) is 0 Å². The van der Waals surface area contributed by atoms with Crippen LogP contribution in [0.4, 0.5) is 10.5 Å². The fraction of sp³-hybridized carbons (Fsp3) is 0.364. The maximum absolute atomic E-state index is 11.4. The lowest BCUT2D eigenvalue weighted by Crippen LogP contribution is -2.32. The van der Waals surface area contributed by atoms with Crippen molar-refractivity contribution in [2.75, 3.05) is 10.6 Å². The van der Waals surface area contributed by atoms with Crippen molar-refractivity contribution in [3.63, 3.8) is 0 Å². The smallest absolute Gasteiger partial charge is 0.412 e. The third-order valence-electron chi connectivity index (χ3n) is 1.71. The van der Waals surface area contributed by atoms with Crippen molar-refractivity contribution in [2.45, 2.75) is 19.4 Å². The molecule has 0 spiro atoms. The van der Waals surface area contributed by atoms with E-state index < -0.39 is 11.7 Å². The van der Waals surface area contributed by atoms with Crippen molar-refractivity contribution in [1.29, 1.82) is 0 Å². The number of carbonyl (C=O) groups is 1. The summed E-state index contributed by atoms with van der Waals surface area (Å²) in [7, 11) is 0. The summed E-state index contributed by atoms with van der Waals surface area (Å²) < 4.78 is 5.19. The number of hydrogen-bond donors (Lipinski definition) is 1. The Morgan fingerprint density at radius 3 is 2.53 bits per heavy atom. The zero-order valence-corrected chi connectivity index (χ0v) is 10.4. The molecule has 0 saturated carbocycles. The van der Waals surface area contributed by atoms with Crippen molar-refractivity contribution >= 4 is 27.7 Å². The van der Waals surface area contributed by atoms with Crippen LogP contribution in [0.1, 0.15) is 13.8 Å². The van der Waals surface area contributed by atoms with Gasteiger partial charge in [-0.05, 0) is 26.0 Å². The SMILES string of the molecule is CC(C)(CBr)OC(=O)Nc1ccccc1. The molecule has 0 saturated heterocycles. The quantitative estimate of drug-likeness (QED) is 0.856. The van der Waals surface area contributed by atoms with Crippen LogP contribution in [0.2, 0.25) is 0 Å². The zero-order valence-electron chi connectivity index (χ0n) is 8.79. The number of amides is 1. The molecule has 0 fully saturated rings. The van der Waals surface area contributed by atoms with Crippen LogP contribution in [0.3, 0.4) is 0 Å². The third-order valence-corrected chi connectivity index (χ3v) is 3.06. The van der Waals surface area contributed by atoms with E-state index in [9.17, 15) is 4.79 Å². The monoisotopic (exact) mass is 271 g/mol. The Morgan fingerprint density at radius 1 is 1.40 bits per heavy atom. The molecule has 0 radical (unpaired) electrons. The lowest BCUT2D eigenvalue weighted by Gasteiger charge is -2.22. The second-order valence-electron chi connectivity index (χ2n) is 3.77. The number of rotatable bonds is 3. The maximum Gasteiger partial charge on any atom is 0.412 e. The molecule has 0 aromatic heterocycles. The molecule has 0 bridgehead atoms. The van der Waals surface area contributed by atoms with Gasteiger partial charge in [-0.2, -0.15) is 0 Å². The van der Waals surface area contributed by atoms with Gasteiger partial charge >= 0.3 is 6.09 Å². The Hall–Kier alpha value is -1.03.